The lowest BCUT2D eigenvalue weighted by atomic mass is 9.90. The first-order valence-electron chi connectivity index (χ1n) is 14.4. The highest BCUT2D eigenvalue weighted by Crippen LogP contribution is 2.53. The van der Waals surface area contributed by atoms with Crippen LogP contribution in [0, 0.1) is 0 Å². The Morgan fingerprint density at radius 3 is 2.58 bits per heavy atom. The van der Waals surface area contributed by atoms with E-state index in [-0.39, 0.29) is 34.2 Å². The van der Waals surface area contributed by atoms with Gasteiger partial charge in [-0.3, -0.25) is 23.7 Å². The number of benzene rings is 1. The Bertz CT molecular complexity index is 1520. The number of hydrogen-bond acceptors (Lipinski definition) is 7. The van der Waals surface area contributed by atoms with Crippen LogP contribution in [0.4, 0.5) is 4.39 Å². The van der Waals surface area contributed by atoms with Gasteiger partial charge in [0.15, 0.2) is 0 Å². The summed E-state index contributed by atoms with van der Waals surface area (Å²) in [5.41, 5.74) is -0.747. The van der Waals surface area contributed by atoms with Gasteiger partial charge in [-0.2, -0.15) is 0 Å². The van der Waals surface area contributed by atoms with Gasteiger partial charge in [0, 0.05) is 24.2 Å². The van der Waals surface area contributed by atoms with Crippen LogP contribution in [0.1, 0.15) is 60.2 Å². The van der Waals surface area contributed by atoms with Crippen molar-refractivity contribution in [3.63, 3.8) is 0 Å². The molecule has 6 rings (SSSR count). The third-order valence-electron chi connectivity index (χ3n) is 8.97. The predicted octanol–water partition coefficient (Wildman–Crippen LogP) is 2.15. The van der Waals surface area contributed by atoms with Crippen molar-refractivity contribution in [2.75, 3.05) is 32.8 Å². The largest absolute Gasteiger partial charge is 0.368 e. The van der Waals surface area contributed by atoms with Gasteiger partial charge < -0.3 is 34.5 Å². The van der Waals surface area contributed by atoms with Crippen molar-refractivity contribution in [2.24, 2.45) is 0 Å². The first-order valence-corrected chi connectivity index (χ1v) is 16.9. The fourth-order valence-electron chi connectivity index (χ4n) is 6.80. The van der Waals surface area contributed by atoms with E-state index in [0.29, 0.717) is 68.6 Å². The molecule has 0 bridgehead atoms. The van der Waals surface area contributed by atoms with Crippen molar-refractivity contribution in [2.45, 2.75) is 68.7 Å². The van der Waals surface area contributed by atoms with Crippen LogP contribution >= 0.6 is 18.9 Å². The molecule has 0 radical (unpaired) electrons. The Morgan fingerprint density at radius 2 is 1.86 bits per heavy atom. The highest BCUT2D eigenvalue weighted by Gasteiger charge is 2.53. The Morgan fingerprint density at radius 1 is 1.12 bits per heavy atom. The molecule has 2 unspecified atom stereocenters. The molecular weight excluding hydrogens is 602 g/mol. The van der Waals surface area contributed by atoms with Gasteiger partial charge in [0.2, 0.25) is 23.6 Å². The molecular formula is C28H34FN4O8PS. The van der Waals surface area contributed by atoms with Gasteiger partial charge in [0.1, 0.15) is 17.7 Å². The molecule has 0 aliphatic carbocycles. The maximum atomic E-state index is 14.2. The van der Waals surface area contributed by atoms with Gasteiger partial charge >= 0.3 is 7.60 Å². The van der Waals surface area contributed by atoms with E-state index >= 15 is 0 Å². The molecule has 2 aromatic rings. The molecule has 1 aromatic heterocycles. The summed E-state index contributed by atoms with van der Waals surface area (Å²) in [5.74, 6) is -3.40. The second kappa shape index (κ2) is 11.2. The number of nitrogens with one attached hydrogen (secondary N) is 1. The molecule has 5 heterocycles. The van der Waals surface area contributed by atoms with E-state index in [1.165, 1.54) is 31.2 Å². The van der Waals surface area contributed by atoms with Gasteiger partial charge in [-0.15, -0.1) is 11.3 Å². The first-order chi connectivity index (χ1) is 20.3. The number of carbonyl (C=O) groups excluding carboxylic acids is 4. The van der Waals surface area contributed by atoms with E-state index in [0.717, 1.165) is 17.8 Å². The average Bonchev–Trinajstić information content (AvgIpc) is 3.54. The smallest absolute Gasteiger partial charge is 0.363 e. The van der Waals surface area contributed by atoms with Gasteiger partial charge in [0.05, 0.1) is 31.1 Å². The Labute approximate surface area is 251 Å². The van der Waals surface area contributed by atoms with Crippen molar-refractivity contribution in [3.05, 3.63) is 34.7 Å². The number of halogens is 1. The standard InChI is InChI=1S/C28H34FN4O8PS/c1-16(34)31-9-10-41-28(13-31)14-32(15-28)27(37)21-7-6-19-3-2-4-20(26(36)33(19)21)30-25(35)23-12-18-11-17(5-8-22(18)43-23)24(29)42(38,39)40/h5,8,11-12,19-21,24H,2-4,6-7,9-10,13-15H2,1H3,(H,30,35)(H2,38,39,40)/t19-,20?,21-,24?/m0/s1. The summed E-state index contributed by atoms with van der Waals surface area (Å²) in [6.45, 7) is 3.64. The highest BCUT2D eigenvalue weighted by molar-refractivity contribution is 7.51. The molecule has 1 aromatic carbocycles. The molecule has 4 amide bonds. The number of carbonyl (C=O) groups is 4. The second-order valence-corrected chi connectivity index (χ2v) is 14.7. The number of fused-ring (bicyclic) bond motifs is 2. The van der Waals surface area contributed by atoms with Crippen molar-refractivity contribution in [1.29, 1.82) is 0 Å². The molecule has 12 nitrogen and oxygen atoms in total. The topological polar surface area (TPSA) is 157 Å². The van der Waals surface area contributed by atoms with Crippen LogP contribution in [0.15, 0.2) is 24.3 Å². The van der Waals surface area contributed by atoms with Crippen molar-refractivity contribution in [1.82, 2.24) is 20.0 Å². The summed E-state index contributed by atoms with van der Waals surface area (Å²) in [6, 6.07) is 4.09. The second-order valence-electron chi connectivity index (χ2n) is 11.9. The molecule has 4 saturated heterocycles. The number of thiophene rings is 1. The number of hydrogen-bond donors (Lipinski definition) is 3. The van der Waals surface area contributed by atoms with E-state index < -0.39 is 37.1 Å². The summed E-state index contributed by atoms with van der Waals surface area (Å²) in [6.07, 6.45) is 3.12. The van der Waals surface area contributed by atoms with Gasteiger partial charge in [-0.05, 0) is 61.3 Å². The normalized spacial score (nSPS) is 26.2. The van der Waals surface area contributed by atoms with E-state index in [1.807, 2.05) is 0 Å². The molecule has 15 heteroatoms. The zero-order valence-electron chi connectivity index (χ0n) is 23.6. The zero-order valence-corrected chi connectivity index (χ0v) is 25.3. The summed E-state index contributed by atoms with van der Waals surface area (Å²) in [7, 11) is -4.98. The van der Waals surface area contributed by atoms with Crippen LogP contribution in [0.5, 0.6) is 0 Å². The number of alkyl halides is 1. The summed E-state index contributed by atoms with van der Waals surface area (Å²) < 4.78 is 32.1. The van der Waals surface area contributed by atoms with Gasteiger partial charge in [-0.25, -0.2) is 4.39 Å². The third-order valence-corrected chi connectivity index (χ3v) is 11.0. The Kier molecular flexibility index (Phi) is 7.87. The fourth-order valence-corrected chi connectivity index (χ4v) is 8.30. The number of nitrogens with zero attached hydrogens (tertiary/aromatic N) is 3. The monoisotopic (exact) mass is 636 g/mol. The van der Waals surface area contributed by atoms with Gasteiger partial charge in [0.25, 0.3) is 5.91 Å². The van der Waals surface area contributed by atoms with Crippen LogP contribution < -0.4 is 5.32 Å². The number of morpholine rings is 1. The zero-order chi connectivity index (χ0) is 30.7. The minimum atomic E-state index is -4.98. The minimum Gasteiger partial charge on any atom is -0.368 e. The molecule has 0 saturated carbocycles. The Hall–Kier alpha value is -2.90. The molecule has 4 atom stereocenters. The molecule has 4 aliphatic heterocycles. The lowest BCUT2D eigenvalue weighted by Crippen LogP contribution is -2.73. The molecule has 43 heavy (non-hydrogen) atoms. The van der Waals surface area contributed by atoms with E-state index in [1.54, 1.807) is 14.7 Å². The number of amides is 4. The lowest BCUT2D eigenvalue weighted by Gasteiger charge is -2.54. The SMILES string of the molecule is CC(=O)N1CCOC2(C1)CN(C(=O)[C@@H]1CC[C@@H]3CCCC(NC(=O)c4cc5cc(C(F)P(=O)(O)O)ccc5s4)C(=O)N31)C2. The molecule has 1 spiro atoms. The lowest BCUT2D eigenvalue weighted by molar-refractivity contribution is -0.196. The summed E-state index contributed by atoms with van der Waals surface area (Å²) in [4.78, 5) is 76.3. The number of rotatable bonds is 5. The molecule has 4 fully saturated rings. The maximum Gasteiger partial charge on any atom is 0.363 e. The highest BCUT2D eigenvalue weighted by atomic mass is 32.1. The first kappa shape index (κ1) is 30.1. The molecule has 232 valence electrons. The van der Waals surface area contributed by atoms with Crippen LogP contribution in [0.3, 0.4) is 0 Å². The van der Waals surface area contributed by atoms with E-state index in [9.17, 15) is 37.9 Å². The maximum absolute atomic E-state index is 14.2. The minimum absolute atomic E-state index is 0.0250. The molecule has 3 N–H and O–H groups in total. The predicted molar refractivity (Wildman–Crippen MR) is 154 cm³/mol. The van der Waals surface area contributed by atoms with Crippen molar-refractivity contribution < 1.29 is 42.7 Å². The fraction of sp³-hybridized carbons (Fsp3) is 0.571. The quantitative estimate of drug-likeness (QED) is 0.422. The summed E-state index contributed by atoms with van der Waals surface area (Å²) >= 11 is 1.13. The van der Waals surface area contributed by atoms with Crippen molar-refractivity contribution in [3.8, 4) is 0 Å². The number of likely N-dealkylation sites (tertiary alicyclic amines) is 1. The number of ether oxygens (including phenoxy) is 1. The third kappa shape index (κ3) is 5.71. The van der Waals surface area contributed by atoms with Crippen molar-refractivity contribution >= 4 is 52.6 Å². The van der Waals surface area contributed by atoms with Gasteiger partial charge in [-0.1, -0.05) is 6.07 Å². The van der Waals surface area contributed by atoms with E-state index in [2.05, 4.69) is 5.32 Å². The molecule has 4 aliphatic rings. The van der Waals surface area contributed by atoms with Crippen LogP contribution in [-0.4, -0.2) is 105 Å². The summed E-state index contributed by atoms with van der Waals surface area (Å²) in [5, 5.41) is 3.30. The average molecular weight is 637 g/mol. The van der Waals surface area contributed by atoms with Crippen LogP contribution in [0.2, 0.25) is 0 Å². The van der Waals surface area contributed by atoms with Crippen LogP contribution in [-0.2, 0) is 23.7 Å². The van der Waals surface area contributed by atoms with Crippen LogP contribution in [0.25, 0.3) is 10.1 Å². The Balaban J connectivity index is 1.13. The van der Waals surface area contributed by atoms with E-state index in [4.69, 9.17) is 4.74 Å².